The first-order valence-electron chi connectivity index (χ1n) is 8.73. The number of hydrogen-bond donors (Lipinski definition) is 1. The average Bonchev–Trinajstić information content (AvgIpc) is 2.78. The number of allylic oxidation sites excluding steroid dienone is 2. The van der Waals surface area contributed by atoms with E-state index >= 15 is 0 Å². The van der Waals surface area contributed by atoms with Gasteiger partial charge in [-0.05, 0) is 31.6 Å². The maximum Gasteiger partial charge on any atom is 0.309 e. The molecule has 1 aromatic carbocycles. The van der Waals surface area contributed by atoms with E-state index in [4.69, 9.17) is 11.6 Å². The Kier molecular flexibility index (Phi) is 3.74. The van der Waals surface area contributed by atoms with Gasteiger partial charge in [-0.15, -0.1) is 11.6 Å². The van der Waals surface area contributed by atoms with Gasteiger partial charge in [0.1, 0.15) is 5.66 Å². The summed E-state index contributed by atoms with van der Waals surface area (Å²) in [5, 5.41) is 9.30. The van der Waals surface area contributed by atoms with Crippen LogP contribution < -0.4 is 4.90 Å². The number of aliphatic carboxylic acids is 1. The second-order valence-electron chi connectivity index (χ2n) is 7.61. The zero-order valence-electron chi connectivity index (χ0n) is 14.6. The van der Waals surface area contributed by atoms with Gasteiger partial charge in [0.25, 0.3) is 0 Å². The molecular weight excluding hydrogens is 336 g/mol. The van der Waals surface area contributed by atoms with E-state index in [-0.39, 0.29) is 11.6 Å². The predicted molar refractivity (Wildman–Crippen MR) is 99.9 cm³/mol. The van der Waals surface area contributed by atoms with E-state index in [9.17, 15) is 9.90 Å². The summed E-state index contributed by atoms with van der Waals surface area (Å²) in [6.45, 7) is 6.02. The van der Waals surface area contributed by atoms with Crippen molar-refractivity contribution in [3.8, 4) is 0 Å². The molecule has 2 atom stereocenters. The molecule has 1 saturated heterocycles. The molecular formula is C20H23ClN2O2. The number of fused-ring (bicyclic) bond motifs is 1. The van der Waals surface area contributed by atoms with Crippen LogP contribution in [0.5, 0.6) is 0 Å². The monoisotopic (exact) mass is 358 g/mol. The molecule has 1 N–H and O–H groups in total. The number of carboxylic acids is 1. The van der Waals surface area contributed by atoms with Crippen LogP contribution in [0, 0.1) is 5.92 Å². The Hall–Kier alpha value is -1.78. The molecule has 25 heavy (non-hydrogen) atoms. The van der Waals surface area contributed by atoms with E-state index in [1.54, 1.807) is 0 Å². The molecule has 2 aliphatic heterocycles. The van der Waals surface area contributed by atoms with Gasteiger partial charge in [-0.1, -0.05) is 35.9 Å². The number of para-hydroxylation sites is 1. The first-order chi connectivity index (χ1) is 11.8. The van der Waals surface area contributed by atoms with Crippen LogP contribution >= 0.6 is 11.6 Å². The average molecular weight is 359 g/mol. The summed E-state index contributed by atoms with van der Waals surface area (Å²) in [5.74, 6) is -0.987. The van der Waals surface area contributed by atoms with Crippen molar-refractivity contribution in [2.75, 3.05) is 24.5 Å². The Balaban J connectivity index is 1.76. The molecule has 0 saturated carbocycles. The summed E-state index contributed by atoms with van der Waals surface area (Å²) in [6.07, 6.45) is 7.43. The van der Waals surface area contributed by atoms with Crippen LogP contribution in [-0.2, 0) is 9.67 Å². The second-order valence-corrected chi connectivity index (χ2v) is 8.45. The molecule has 132 valence electrons. The van der Waals surface area contributed by atoms with Gasteiger partial charge in [0.15, 0.2) is 0 Å². The Morgan fingerprint density at radius 1 is 1.32 bits per heavy atom. The van der Waals surface area contributed by atoms with E-state index in [1.807, 2.05) is 12.1 Å². The summed E-state index contributed by atoms with van der Waals surface area (Å²) in [5.41, 5.74) is 3.16. The molecule has 0 radical (unpaired) electrons. The van der Waals surface area contributed by atoms with Gasteiger partial charge in [0, 0.05) is 31.7 Å². The molecule has 4 rings (SSSR count). The highest BCUT2D eigenvalue weighted by Crippen LogP contribution is 2.50. The highest BCUT2D eigenvalue weighted by molar-refractivity contribution is 6.25. The zero-order valence-corrected chi connectivity index (χ0v) is 15.3. The minimum absolute atomic E-state index is 0.281. The number of likely N-dealkylation sites (tertiary alicyclic amines) is 1. The lowest BCUT2D eigenvalue weighted by molar-refractivity contribution is -0.150. The molecule has 0 aromatic heterocycles. The maximum absolute atomic E-state index is 11.3. The standard InChI is InChI=1S/C20H23ClN2O2/c1-14-6-5-9-20(10-14,22-11-15(12-22)18(24)25)23-13-19(2,21)16-7-3-4-8-17(16)23/h3-8,10,15H,9,11-13H2,1-2H3,(H,24,25). The number of benzene rings is 1. The third-order valence-corrected chi connectivity index (χ3v) is 6.04. The Morgan fingerprint density at radius 2 is 2.04 bits per heavy atom. The SMILES string of the molecule is CC1=CC(N2CC(C(=O)O)C2)(N2CC(C)(Cl)c3ccccc32)CC=C1. The summed E-state index contributed by atoms with van der Waals surface area (Å²) in [4.78, 5) is 15.5. The minimum Gasteiger partial charge on any atom is -0.481 e. The number of halogens is 1. The van der Waals surface area contributed by atoms with Crippen molar-refractivity contribution in [3.05, 3.63) is 53.6 Å². The molecule has 0 bridgehead atoms. The fourth-order valence-electron chi connectivity index (χ4n) is 4.38. The van der Waals surface area contributed by atoms with Crippen LogP contribution in [0.3, 0.4) is 0 Å². The maximum atomic E-state index is 11.3. The number of carbonyl (C=O) groups is 1. The van der Waals surface area contributed by atoms with Gasteiger partial charge >= 0.3 is 5.97 Å². The number of carboxylic acid groups (broad SMARTS) is 1. The van der Waals surface area contributed by atoms with Crippen molar-refractivity contribution in [3.63, 3.8) is 0 Å². The van der Waals surface area contributed by atoms with Crippen LogP contribution in [0.1, 0.15) is 25.8 Å². The molecule has 5 heteroatoms. The number of nitrogens with zero attached hydrogens (tertiary/aromatic N) is 2. The van der Waals surface area contributed by atoms with Crippen molar-refractivity contribution >= 4 is 23.3 Å². The van der Waals surface area contributed by atoms with Crippen LogP contribution in [-0.4, -0.2) is 41.3 Å². The summed E-state index contributed by atoms with van der Waals surface area (Å²) in [7, 11) is 0. The minimum atomic E-state index is -0.706. The van der Waals surface area contributed by atoms with Crippen LogP contribution in [0.2, 0.25) is 0 Å². The van der Waals surface area contributed by atoms with Crippen LogP contribution in [0.25, 0.3) is 0 Å². The topological polar surface area (TPSA) is 43.8 Å². The predicted octanol–water partition coefficient (Wildman–Crippen LogP) is 3.58. The smallest absolute Gasteiger partial charge is 0.309 e. The van der Waals surface area contributed by atoms with Crippen molar-refractivity contribution in [1.82, 2.24) is 4.90 Å². The molecule has 2 heterocycles. The molecule has 0 amide bonds. The van der Waals surface area contributed by atoms with Crippen molar-refractivity contribution in [2.45, 2.75) is 30.8 Å². The van der Waals surface area contributed by atoms with Crippen molar-refractivity contribution < 1.29 is 9.90 Å². The number of rotatable bonds is 3. The quantitative estimate of drug-likeness (QED) is 0.839. The Morgan fingerprint density at radius 3 is 2.72 bits per heavy atom. The van der Waals surface area contributed by atoms with Crippen LogP contribution in [0.4, 0.5) is 5.69 Å². The first kappa shape index (κ1) is 16.7. The molecule has 1 aliphatic carbocycles. The molecule has 1 aromatic rings. The van der Waals surface area contributed by atoms with Gasteiger partial charge in [-0.25, -0.2) is 0 Å². The fraction of sp³-hybridized carbons (Fsp3) is 0.450. The normalized spacial score (nSPS) is 32.3. The Labute approximate surface area is 153 Å². The van der Waals surface area contributed by atoms with E-state index in [0.717, 1.165) is 17.7 Å². The molecule has 3 aliphatic rings. The lowest BCUT2D eigenvalue weighted by Crippen LogP contribution is -2.68. The van der Waals surface area contributed by atoms with Crippen molar-refractivity contribution in [2.24, 2.45) is 5.92 Å². The second kappa shape index (κ2) is 5.61. The summed E-state index contributed by atoms with van der Waals surface area (Å²) >= 11 is 6.86. The van der Waals surface area contributed by atoms with Gasteiger partial charge in [-0.3, -0.25) is 9.69 Å². The van der Waals surface area contributed by atoms with Gasteiger partial charge in [0.05, 0.1) is 10.8 Å². The van der Waals surface area contributed by atoms with Crippen molar-refractivity contribution in [1.29, 1.82) is 0 Å². The van der Waals surface area contributed by atoms with Gasteiger partial charge < -0.3 is 10.0 Å². The molecule has 1 fully saturated rings. The molecule has 2 unspecified atom stereocenters. The lowest BCUT2D eigenvalue weighted by atomic mass is 9.87. The van der Waals surface area contributed by atoms with Gasteiger partial charge in [-0.2, -0.15) is 0 Å². The highest BCUT2D eigenvalue weighted by Gasteiger charge is 2.52. The number of alkyl halides is 1. The fourth-order valence-corrected chi connectivity index (χ4v) is 4.66. The van der Waals surface area contributed by atoms with E-state index in [0.29, 0.717) is 19.6 Å². The molecule has 0 spiro atoms. The summed E-state index contributed by atoms with van der Waals surface area (Å²) in [6, 6.07) is 8.30. The number of hydrogen-bond acceptors (Lipinski definition) is 3. The zero-order chi connectivity index (χ0) is 17.8. The van der Waals surface area contributed by atoms with Crippen LogP contribution in [0.15, 0.2) is 48.1 Å². The lowest BCUT2D eigenvalue weighted by Gasteiger charge is -2.55. The first-order valence-corrected chi connectivity index (χ1v) is 9.11. The molecule has 4 nitrogen and oxygen atoms in total. The Bertz CT molecular complexity index is 780. The largest absolute Gasteiger partial charge is 0.481 e. The summed E-state index contributed by atoms with van der Waals surface area (Å²) < 4.78 is 0. The van der Waals surface area contributed by atoms with E-state index in [2.05, 4.69) is 54.0 Å². The van der Waals surface area contributed by atoms with E-state index < -0.39 is 10.8 Å². The van der Waals surface area contributed by atoms with Gasteiger partial charge in [0.2, 0.25) is 0 Å². The third kappa shape index (κ3) is 2.51. The third-order valence-electron chi connectivity index (χ3n) is 5.72. The number of anilines is 1. The highest BCUT2D eigenvalue weighted by atomic mass is 35.5. The van der Waals surface area contributed by atoms with E-state index in [1.165, 1.54) is 5.57 Å².